The number of hydrogen-bond acceptors (Lipinski definition) is 4. The minimum absolute atomic E-state index is 0.186. The molecule has 1 aromatic heterocycles. The van der Waals surface area contributed by atoms with Crippen LogP contribution < -0.4 is 10.1 Å². The Balaban J connectivity index is 1.75. The van der Waals surface area contributed by atoms with Crippen molar-refractivity contribution in [1.29, 1.82) is 0 Å². The van der Waals surface area contributed by atoms with Gasteiger partial charge in [0.05, 0.1) is 31.1 Å². The highest BCUT2D eigenvalue weighted by Gasteiger charge is 2.22. The minimum Gasteiger partial charge on any atom is -0.495 e. The van der Waals surface area contributed by atoms with E-state index in [9.17, 15) is 0 Å². The molecular weight excluding hydrogens is 370 g/mol. The molecular formula is C19H22ClN3O2S. The molecule has 26 heavy (non-hydrogen) atoms. The van der Waals surface area contributed by atoms with Crippen molar-refractivity contribution in [3.8, 4) is 5.75 Å². The second kappa shape index (κ2) is 9.16. The van der Waals surface area contributed by atoms with Gasteiger partial charge in [-0.3, -0.25) is 4.98 Å². The zero-order chi connectivity index (χ0) is 18.4. The molecule has 2 aromatic rings. The maximum absolute atomic E-state index is 6.04. The Morgan fingerprint density at radius 2 is 2.31 bits per heavy atom. The average molecular weight is 392 g/mol. The Morgan fingerprint density at radius 1 is 1.42 bits per heavy atom. The molecule has 1 unspecified atom stereocenters. The molecule has 1 aliphatic rings. The van der Waals surface area contributed by atoms with Crippen LogP contribution in [0.3, 0.4) is 0 Å². The third kappa shape index (κ3) is 5.06. The third-order valence-corrected chi connectivity index (χ3v) is 4.81. The van der Waals surface area contributed by atoms with Crippen LogP contribution in [0.2, 0.25) is 5.02 Å². The summed E-state index contributed by atoms with van der Waals surface area (Å²) in [6, 6.07) is 11.3. The average Bonchev–Trinajstić information content (AvgIpc) is 3.16. The summed E-state index contributed by atoms with van der Waals surface area (Å²) >= 11 is 11.7. The van der Waals surface area contributed by atoms with E-state index in [-0.39, 0.29) is 6.10 Å². The van der Waals surface area contributed by atoms with Crippen LogP contribution in [-0.4, -0.2) is 41.4 Å². The van der Waals surface area contributed by atoms with Crippen LogP contribution in [0.25, 0.3) is 0 Å². The van der Waals surface area contributed by atoms with E-state index >= 15 is 0 Å². The number of nitrogens with zero attached hydrogens (tertiary/aromatic N) is 2. The number of nitrogens with one attached hydrogen (secondary N) is 1. The van der Waals surface area contributed by atoms with Gasteiger partial charge in [-0.1, -0.05) is 17.7 Å². The maximum Gasteiger partial charge on any atom is 0.173 e. The Kier molecular flexibility index (Phi) is 6.66. The van der Waals surface area contributed by atoms with Gasteiger partial charge in [0.25, 0.3) is 0 Å². The Labute approximate surface area is 164 Å². The van der Waals surface area contributed by atoms with E-state index in [1.165, 1.54) is 0 Å². The van der Waals surface area contributed by atoms with Crippen molar-refractivity contribution >= 4 is 34.6 Å². The molecule has 0 radical (unpaired) electrons. The van der Waals surface area contributed by atoms with Gasteiger partial charge in [0.15, 0.2) is 5.11 Å². The molecule has 0 spiro atoms. The highest BCUT2D eigenvalue weighted by atomic mass is 35.5. The molecule has 3 rings (SSSR count). The summed E-state index contributed by atoms with van der Waals surface area (Å²) in [6.45, 7) is 2.15. The number of methoxy groups -OCH3 is 1. The van der Waals surface area contributed by atoms with Crippen molar-refractivity contribution in [3.63, 3.8) is 0 Å². The van der Waals surface area contributed by atoms with E-state index in [1.807, 2.05) is 24.3 Å². The summed E-state index contributed by atoms with van der Waals surface area (Å²) in [6.07, 6.45) is 4.11. The quantitative estimate of drug-likeness (QED) is 0.747. The lowest BCUT2D eigenvalue weighted by Gasteiger charge is -2.28. The number of thiocarbonyl (C=S) groups is 1. The second-order valence-corrected chi connectivity index (χ2v) is 6.93. The highest BCUT2D eigenvalue weighted by molar-refractivity contribution is 7.80. The molecule has 1 N–H and O–H groups in total. The van der Waals surface area contributed by atoms with Crippen molar-refractivity contribution in [2.24, 2.45) is 0 Å². The van der Waals surface area contributed by atoms with Gasteiger partial charge in [-0.15, -0.1) is 0 Å². The molecule has 0 bridgehead atoms. The molecule has 0 aliphatic carbocycles. The number of ether oxygens (including phenoxy) is 2. The molecule has 1 atom stereocenters. The summed E-state index contributed by atoms with van der Waals surface area (Å²) in [5.74, 6) is 0.648. The zero-order valence-electron chi connectivity index (χ0n) is 14.7. The van der Waals surface area contributed by atoms with E-state index in [0.717, 1.165) is 37.4 Å². The van der Waals surface area contributed by atoms with Gasteiger partial charge in [-0.25, -0.2) is 0 Å². The number of rotatable bonds is 6. The summed E-state index contributed by atoms with van der Waals surface area (Å²) in [4.78, 5) is 6.50. The monoisotopic (exact) mass is 391 g/mol. The number of benzene rings is 1. The molecule has 5 nitrogen and oxygen atoms in total. The van der Waals surface area contributed by atoms with Crippen molar-refractivity contribution in [2.45, 2.75) is 25.5 Å². The van der Waals surface area contributed by atoms with Crippen molar-refractivity contribution < 1.29 is 9.47 Å². The van der Waals surface area contributed by atoms with Crippen LogP contribution in [0.15, 0.2) is 42.6 Å². The van der Waals surface area contributed by atoms with Crippen LogP contribution in [0.1, 0.15) is 18.5 Å². The van der Waals surface area contributed by atoms with E-state index in [4.69, 9.17) is 33.3 Å². The lowest BCUT2D eigenvalue weighted by atomic mass is 10.2. The number of aromatic nitrogens is 1. The summed E-state index contributed by atoms with van der Waals surface area (Å²) in [5.41, 5.74) is 1.73. The van der Waals surface area contributed by atoms with Crippen molar-refractivity contribution in [2.75, 3.05) is 25.6 Å². The van der Waals surface area contributed by atoms with Gasteiger partial charge in [-0.05, 0) is 49.3 Å². The lowest BCUT2D eigenvalue weighted by Crippen LogP contribution is -2.39. The number of hydrogen-bond donors (Lipinski definition) is 1. The van der Waals surface area contributed by atoms with Gasteiger partial charge in [0, 0.05) is 30.4 Å². The fourth-order valence-electron chi connectivity index (χ4n) is 2.90. The molecule has 1 fully saturated rings. The summed E-state index contributed by atoms with van der Waals surface area (Å²) in [5, 5.41) is 4.49. The van der Waals surface area contributed by atoms with Gasteiger partial charge in [0.1, 0.15) is 5.75 Å². The first-order valence-electron chi connectivity index (χ1n) is 8.56. The highest BCUT2D eigenvalue weighted by Crippen LogP contribution is 2.28. The van der Waals surface area contributed by atoms with Crippen molar-refractivity contribution in [3.05, 3.63) is 53.3 Å². The SMILES string of the molecule is COc1cc(Cl)ccc1NC(=S)N(Cc1ccccn1)CC1CCCO1. The standard InChI is InChI=1S/C19H22ClN3O2S/c1-24-18-11-14(20)7-8-17(18)22-19(26)23(13-16-6-4-10-25-16)12-15-5-2-3-9-21-15/h2-3,5,7-9,11,16H,4,6,10,12-13H2,1H3,(H,22,26). The Hall–Kier alpha value is -1.89. The first-order chi connectivity index (χ1) is 12.7. The molecule has 1 aromatic carbocycles. The third-order valence-electron chi connectivity index (χ3n) is 4.22. The smallest absolute Gasteiger partial charge is 0.173 e. The molecule has 138 valence electrons. The van der Waals surface area contributed by atoms with Crippen LogP contribution in [0.5, 0.6) is 5.75 Å². The predicted octanol–water partition coefficient (Wildman–Crippen LogP) is 4.12. The lowest BCUT2D eigenvalue weighted by molar-refractivity contribution is 0.0903. The number of halogens is 1. The first-order valence-corrected chi connectivity index (χ1v) is 9.35. The van der Waals surface area contributed by atoms with Crippen LogP contribution in [0, 0.1) is 0 Å². The molecule has 0 amide bonds. The van der Waals surface area contributed by atoms with E-state index in [0.29, 0.717) is 22.4 Å². The number of anilines is 1. The Bertz CT molecular complexity index is 739. The van der Waals surface area contributed by atoms with Gasteiger partial charge >= 0.3 is 0 Å². The van der Waals surface area contributed by atoms with Crippen LogP contribution >= 0.6 is 23.8 Å². The van der Waals surface area contributed by atoms with E-state index < -0.39 is 0 Å². The molecule has 1 aliphatic heterocycles. The van der Waals surface area contributed by atoms with Crippen LogP contribution in [0.4, 0.5) is 5.69 Å². The molecule has 2 heterocycles. The second-order valence-electron chi connectivity index (χ2n) is 6.11. The van der Waals surface area contributed by atoms with Gasteiger partial charge in [0.2, 0.25) is 0 Å². The van der Waals surface area contributed by atoms with Gasteiger partial charge < -0.3 is 19.7 Å². The molecule has 7 heteroatoms. The molecule has 0 saturated carbocycles. The normalized spacial score (nSPS) is 16.3. The fraction of sp³-hybridized carbons (Fsp3) is 0.368. The van der Waals surface area contributed by atoms with Gasteiger partial charge in [-0.2, -0.15) is 0 Å². The topological polar surface area (TPSA) is 46.6 Å². The molecule has 1 saturated heterocycles. The maximum atomic E-state index is 6.04. The van der Waals surface area contributed by atoms with Crippen molar-refractivity contribution in [1.82, 2.24) is 9.88 Å². The summed E-state index contributed by atoms with van der Waals surface area (Å²) in [7, 11) is 1.61. The fourth-order valence-corrected chi connectivity index (χ4v) is 3.31. The van der Waals surface area contributed by atoms with E-state index in [2.05, 4.69) is 15.2 Å². The van der Waals surface area contributed by atoms with E-state index in [1.54, 1.807) is 25.4 Å². The minimum atomic E-state index is 0.186. The predicted molar refractivity (Wildman–Crippen MR) is 108 cm³/mol. The summed E-state index contributed by atoms with van der Waals surface area (Å²) < 4.78 is 11.2. The first kappa shape index (κ1) is 18.9. The van der Waals surface area contributed by atoms with Crippen LogP contribution in [-0.2, 0) is 11.3 Å². The number of pyridine rings is 1. The largest absolute Gasteiger partial charge is 0.495 e. The Morgan fingerprint density at radius 3 is 3.00 bits per heavy atom. The zero-order valence-corrected chi connectivity index (χ0v) is 16.2.